The van der Waals surface area contributed by atoms with Crippen LogP contribution in [0.15, 0.2) is 28.7 Å². The number of amides is 1. The van der Waals surface area contributed by atoms with E-state index in [-0.39, 0.29) is 5.91 Å². The first-order valence-corrected chi connectivity index (χ1v) is 11.8. The Kier molecular flexibility index (Phi) is 5.68. The Balaban J connectivity index is 1.57. The lowest BCUT2D eigenvalue weighted by Crippen LogP contribution is -2.57. The number of hydrogen-bond donors (Lipinski definition) is 0. The standard InChI is InChI=1S/C21H29BrN2OS/c1-23(20(25)16-5-7-17(22)8-6-16)19-15-21(10-4-14-26-21)11-9-18(19)24-12-2-3-13-24/h5-8,18-19H,2-4,9-15H2,1H3/t18-,19-,21?/m0/s1. The second-order valence-corrected chi connectivity index (χ2v) is 10.7. The normalized spacial score (nSPS) is 32.2. The Bertz CT molecular complexity index is 638. The highest BCUT2D eigenvalue weighted by Crippen LogP contribution is 2.50. The Morgan fingerprint density at radius 2 is 1.92 bits per heavy atom. The van der Waals surface area contributed by atoms with E-state index < -0.39 is 0 Å². The van der Waals surface area contributed by atoms with Gasteiger partial charge >= 0.3 is 0 Å². The van der Waals surface area contributed by atoms with Crippen LogP contribution in [0, 0.1) is 0 Å². The van der Waals surface area contributed by atoms with E-state index in [4.69, 9.17) is 0 Å². The van der Waals surface area contributed by atoms with Gasteiger partial charge in [-0.05, 0) is 88.1 Å². The zero-order valence-corrected chi connectivity index (χ0v) is 18.0. The van der Waals surface area contributed by atoms with Gasteiger partial charge in [-0.2, -0.15) is 11.8 Å². The highest BCUT2D eigenvalue weighted by molar-refractivity contribution is 9.10. The fourth-order valence-electron chi connectivity index (χ4n) is 5.18. The third kappa shape index (κ3) is 3.72. The van der Waals surface area contributed by atoms with E-state index in [1.807, 2.05) is 31.3 Å². The molecule has 26 heavy (non-hydrogen) atoms. The van der Waals surface area contributed by atoms with Crippen molar-refractivity contribution in [2.45, 2.75) is 61.8 Å². The summed E-state index contributed by atoms with van der Waals surface area (Å²) in [4.78, 5) is 17.9. The van der Waals surface area contributed by atoms with Crippen LogP contribution in [0.4, 0.5) is 0 Å². The quantitative estimate of drug-likeness (QED) is 0.679. The van der Waals surface area contributed by atoms with Gasteiger partial charge in [-0.3, -0.25) is 9.69 Å². The van der Waals surface area contributed by atoms with Crippen LogP contribution in [0.3, 0.4) is 0 Å². The van der Waals surface area contributed by atoms with Gasteiger partial charge in [0, 0.05) is 33.9 Å². The Morgan fingerprint density at radius 3 is 2.58 bits per heavy atom. The fourth-order valence-corrected chi connectivity index (χ4v) is 7.00. The highest BCUT2D eigenvalue weighted by atomic mass is 79.9. The van der Waals surface area contributed by atoms with E-state index in [1.165, 1.54) is 57.4 Å². The third-order valence-electron chi connectivity index (χ3n) is 6.62. The van der Waals surface area contributed by atoms with Crippen LogP contribution in [0.2, 0.25) is 0 Å². The molecule has 3 aliphatic rings. The third-order valence-corrected chi connectivity index (χ3v) is 8.83. The number of hydrogen-bond acceptors (Lipinski definition) is 3. The smallest absolute Gasteiger partial charge is 0.253 e. The molecule has 142 valence electrons. The van der Waals surface area contributed by atoms with Crippen molar-refractivity contribution in [3.8, 4) is 0 Å². The Morgan fingerprint density at radius 1 is 1.19 bits per heavy atom. The number of halogens is 1. The molecule has 1 aromatic carbocycles. The molecule has 1 aromatic rings. The molecule has 0 bridgehead atoms. The second-order valence-electron chi connectivity index (χ2n) is 8.18. The molecule has 2 heterocycles. The molecule has 1 spiro atoms. The van der Waals surface area contributed by atoms with Crippen LogP contribution in [-0.2, 0) is 0 Å². The molecule has 0 radical (unpaired) electrons. The Hall–Kier alpha value is -0.520. The summed E-state index contributed by atoms with van der Waals surface area (Å²) >= 11 is 5.65. The van der Waals surface area contributed by atoms with Crippen LogP contribution < -0.4 is 0 Å². The summed E-state index contributed by atoms with van der Waals surface area (Å²) in [6, 6.07) is 8.69. The van der Waals surface area contributed by atoms with Crippen LogP contribution in [-0.4, -0.2) is 58.4 Å². The van der Waals surface area contributed by atoms with Crippen molar-refractivity contribution in [3.63, 3.8) is 0 Å². The number of rotatable bonds is 3. The van der Waals surface area contributed by atoms with Crippen molar-refractivity contribution in [1.29, 1.82) is 0 Å². The summed E-state index contributed by atoms with van der Waals surface area (Å²) in [5, 5.41) is 0. The van der Waals surface area contributed by atoms with E-state index in [2.05, 4.69) is 37.5 Å². The molecular formula is C21H29BrN2OS. The minimum Gasteiger partial charge on any atom is -0.337 e. The molecule has 5 heteroatoms. The van der Waals surface area contributed by atoms with Crippen molar-refractivity contribution in [1.82, 2.24) is 9.80 Å². The molecular weight excluding hydrogens is 408 g/mol. The molecule has 3 atom stereocenters. The van der Waals surface area contributed by atoms with Gasteiger partial charge in [-0.1, -0.05) is 15.9 Å². The molecule has 1 unspecified atom stereocenters. The first-order chi connectivity index (χ1) is 12.6. The number of carbonyl (C=O) groups excluding carboxylic acids is 1. The lowest BCUT2D eigenvalue weighted by atomic mass is 9.78. The summed E-state index contributed by atoms with van der Waals surface area (Å²) in [6.07, 6.45) is 9.04. The summed E-state index contributed by atoms with van der Waals surface area (Å²) in [6.45, 7) is 2.42. The SMILES string of the molecule is CN(C(=O)c1ccc(Br)cc1)[C@H]1CC2(CCCS2)CC[C@@H]1N1CCCC1. The summed E-state index contributed by atoms with van der Waals surface area (Å²) in [7, 11) is 2.04. The van der Waals surface area contributed by atoms with Crippen LogP contribution >= 0.6 is 27.7 Å². The summed E-state index contributed by atoms with van der Waals surface area (Å²) in [5.74, 6) is 1.47. The summed E-state index contributed by atoms with van der Waals surface area (Å²) in [5.41, 5.74) is 0.801. The van der Waals surface area contributed by atoms with E-state index in [0.29, 0.717) is 16.8 Å². The Labute approximate surface area is 170 Å². The lowest BCUT2D eigenvalue weighted by Gasteiger charge is -2.48. The van der Waals surface area contributed by atoms with Crippen LogP contribution in [0.5, 0.6) is 0 Å². The number of likely N-dealkylation sites (N-methyl/N-ethyl adjacent to an activating group) is 1. The molecule has 3 nitrogen and oxygen atoms in total. The first-order valence-electron chi connectivity index (χ1n) is 9.99. The van der Waals surface area contributed by atoms with E-state index in [1.54, 1.807) is 0 Å². The minimum atomic E-state index is 0.173. The average Bonchev–Trinajstić information content (AvgIpc) is 3.34. The van der Waals surface area contributed by atoms with Crippen molar-refractivity contribution in [2.24, 2.45) is 0 Å². The van der Waals surface area contributed by atoms with Crippen molar-refractivity contribution >= 4 is 33.6 Å². The van der Waals surface area contributed by atoms with Crippen molar-refractivity contribution in [3.05, 3.63) is 34.3 Å². The minimum absolute atomic E-state index is 0.173. The maximum atomic E-state index is 13.2. The topological polar surface area (TPSA) is 23.6 Å². The van der Waals surface area contributed by atoms with Crippen LogP contribution in [0.25, 0.3) is 0 Å². The molecule has 1 saturated carbocycles. The predicted octanol–water partition coefficient (Wildman–Crippen LogP) is 4.80. The largest absolute Gasteiger partial charge is 0.337 e. The monoisotopic (exact) mass is 436 g/mol. The zero-order valence-electron chi connectivity index (χ0n) is 15.6. The number of likely N-dealkylation sites (tertiary alicyclic amines) is 1. The maximum absolute atomic E-state index is 13.2. The van der Waals surface area contributed by atoms with Gasteiger partial charge in [0.2, 0.25) is 0 Å². The molecule has 0 N–H and O–H groups in total. The van der Waals surface area contributed by atoms with Gasteiger partial charge < -0.3 is 4.90 Å². The van der Waals surface area contributed by atoms with Gasteiger partial charge in [0.15, 0.2) is 0 Å². The average molecular weight is 437 g/mol. The molecule has 4 rings (SSSR count). The number of benzene rings is 1. The van der Waals surface area contributed by atoms with E-state index in [9.17, 15) is 4.79 Å². The van der Waals surface area contributed by atoms with Gasteiger partial charge in [0.05, 0.1) is 0 Å². The molecule has 3 fully saturated rings. The first kappa shape index (κ1) is 18.8. The molecule has 0 aromatic heterocycles. The van der Waals surface area contributed by atoms with Gasteiger partial charge in [0.1, 0.15) is 0 Å². The predicted molar refractivity (Wildman–Crippen MR) is 113 cm³/mol. The fraction of sp³-hybridized carbons (Fsp3) is 0.667. The van der Waals surface area contributed by atoms with Gasteiger partial charge in [-0.25, -0.2) is 0 Å². The van der Waals surface area contributed by atoms with Crippen molar-refractivity contribution in [2.75, 3.05) is 25.9 Å². The molecule has 1 amide bonds. The lowest BCUT2D eigenvalue weighted by molar-refractivity contribution is 0.0440. The van der Waals surface area contributed by atoms with E-state index in [0.717, 1.165) is 16.5 Å². The van der Waals surface area contributed by atoms with Crippen LogP contribution in [0.1, 0.15) is 55.3 Å². The number of nitrogens with zero attached hydrogens (tertiary/aromatic N) is 2. The van der Waals surface area contributed by atoms with Gasteiger partial charge in [-0.15, -0.1) is 0 Å². The summed E-state index contributed by atoms with van der Waals surface area (Å²) < 4.78 is 1.44. The maximum Gasteiger partial charge on any atom is 0.253 e. The van der Waals surface area contributed by atoms with Gasteiger partial charge in [0.25, 0.3) is 5.91 Å². The van der Waals surface area contributed by atoms with Crippen molar-refractivity contribution < 1.29 is 4.79 Å². The molecule has 1 aliphatic carbocycles. The highest BCUT2D eigenvalue weighted by Gasteiger charge is 2.47. The number of thioether (sulfide) groups is 1. The second kappa shape index (κ2) is 7.84. The zero-order chi connectivity index (χ0) is 18.1. The molecule has 2 aliphatic heterocycles. The number of carbonyl (C=O) groups is 1. The molecule has 2 saturated heterocycles. The van der Waals surface area contributed by atoms with E-state index >= 15 is 0 Å².